The van der Waals surface area contributed by atoms with E-state index < -0.39 is 0 Å². The summed E-state index contributed by atoms with van der Waals surface area (Å²) >= 11 is 0. The second kappa shape index (κ2) is 12.5. The summed E-state index contributed by atoms with van der Waals surface area (Å²) in [5, 5.41) is 0. The Bertz CT molecular complexity index is 69.1. The maximum atomic E-state index is 7.75. The molecule has 0 aromatic heterocycles. The van der Waals surface area contributed by atoms with Crippen molar-refractivity contribution < 1.29 is 9.44 Å². The third-order valence-corrected chi connectivity index (χ3v) is 1.48. The monoisotopic (exact) mass is 157 g/mol. The Morgan fingerprint density at radius 3 is 2.27 bits per heavy atom. The summed E-state index contributed by atoms with van der Waals surface area (Å²) in [6.07, 6.45) is 4.02. The number of ether oxygens (including phenoxy) is 1. The molecule has 11 heavy (non-hydrogen) atoms. The first-order valence-corrected chi connectivity index (χ1v) is 4.16. The molecule has 2 nitrogen and oxygen atoms in total. The molecule has 0 saturated carbocycles. The van der Waals surface area contributed by atoms with E-state index in [4.69, 9.17) is 9.44 Å². The molecule has 0 fully saturated rings. The van der Waals surface area contributed by atoms with E-state index in [1.54, 1.807) is 0 Å². The molecule has 0 aromatic rings. The molecule has 0 bridgehead atoms. The van der Waals surface area contributed by atoms with E-state index in [0.717, 1.165) is 13.0 Å². The summed E-state index contributed by atoms with van der Waals surface area (Å²) in [7, 11) is 3.25. The van der Waals surface area contributed by atoms with Crippen molar-refractivity contribution in [2.24, 2.45) is 0 Å². The van der Waals surface area contributed by atoms with Crippen molar-refractivity contribution in [3.8, 4) is 0 Å². The Morgan fingerprint density at radius 2 is 1.91 bits per heavy atom. The Hall–Kier alpha value is -0.175. The topological polar surface area (TPSA) is 26.3 Å². The van der Waals surface area contributed by atoms with Crippen LogP contribution in [0.5, 0.6) is 0 Å². The molecule has 0 amide bonds. The summed E-state index contributed by atoms with van der Waals surface area (Å²) < 4.78 is 13.2. The second-order valence-electron chi connectivity index (χ2n) is 2.44. The van der Waals surface area contributed by atoms with Gasteiger partial charge in [0.05, 0.1) is 6.10 Å². The summed E-state index contributed by atoms with van der Waals surface area (Å²) in [5.41, 5.74) is 0. The molecular formula is C8H18BO2. The molecule has 0 heterocycles. The van der Waals surface area contributed by atoms with Crippen LogP contribution in [0.3, 0.4) is 0 Å². The van der Waals surface area contributed by atoms with Gasteiger partial charge in [-0.15, -0.1) is 0 Å². The molecule has 1 radical (unpaired) electrons. The molecule has 0 aliphatic rings. The van der Waals surface area contributed by atoms with Gasteiger partial charge in [-0.25, -0.2) is 0 Å². The van der Waals surface area contributed by atoms with Crippen LogP contribution in [0, 0.1) is 0 Å². The fraction of sp³-hybridized carbons (Fsp3) is 1.00. The van der Waals surface area contributed by atoms with Crippen molar-refractivity contribution in [1.82, 2.24) is 0 Å². The van der Waals surface area contributed by atoms with E-state index in [0.29, 0.717) is 6.10 Å². The normalized spacial score (nSPS) is 11.5. The van der Waals surface area contributed by atoms with Crippen LogP contribution in [0.25, 0.3) is 0 Å². The van der Waals surface area contributed by atoms with Crippen LogP contribution in [-0.2, 0) is 9.44 Å². The Morgan fingerprint density at radius 1 is 1.36 bits per heavy atom. The molecule has 1 unspecified atom stereocenters. The van der Waals surface area contributed by atoms with Crippen LogP contribution in [0.2, 0.25) is 0 Å². The van der Waals surface area contributed by atoms with Crippen LogP contribution in [0.4, 0.5) is 0 Å². The predicted octanol–water partition coefficient (Wildman–Crippen LogP) is 2.10. The molecule has 0 aromatic carbocycles. The molecule has 3 heteroatoms. The fourth-order valence-electron chi connectivity index (χ4n) is 0.547. The molecule has 0 spiro atoms. The first kappa shape index (κ1) is 13.4. The van der Waals surface area contributed by atoms with E-state index in [9.17, 15) is 0 Å². The fourth-order valence-corrected chi connectivity index (χ4v) is 0.547. The zero-order chi connectivity index (χ0) is 9.11. The molecule has 65 valence electrons. The van der Waals surface area contributed by atoms with E-state index in [1.807, 2.05) is 0 Å². The number of rotatable bonds is 5. The van der Waals surface area contributed by atoms with Gasteiger partial charge in [-0.05, 0) is 19.8 Å². The molecular weight excluding hydrogens is 139 g/mol. The maximum absolute atomic E-state index is 7.75. The van der Waals surface area contributed by atoms with Gasteiger partial charge in [-0.1, -0.05) is 20.3 Å². The summed E-state index contributed by atoms with van der Waals surface area (Å²) in [6.45, 7) is 7.39. The van der Waals surface area contributed by atoms with Gasteiger partial charge in [-0.2, -0.15) is 0 Å². The third kappa shape index (κ3) is 12.9. The van der Waals surface area contributed by atoms with E-state index >= 15 is 0 Å². The molecule has 0 rings (SSSR count). The van der Waals surface area contributed by atoms with Crippen molar-refractivity contribution in [2.75, 3.05) is 6.61 Å². The van der Waals surface area contributed by atoms with Gasteiger partial charge in [0.1, 0.15) is 0 Å². The Balaban J connectivity index is 0. The first-order valence-electron chi connectivity index (χ1n) is 4.16. The summed E-state index contributed by atoms with van der Waals surface area (Å²) in [5.74, 6) is 0. The standard InChI is InChI=1S/C8H18O.BO/c1-4-6-7-9-8(3)5-2;1-2/h8H,4-7H2,1-3H3;. The average molecular weight is 157 g/mol. The number of unbranched alkanes of at least 4 members (excludes halogenated alkanes) is 1. The van der Waals surface area contributed by atoms with E-state index in [1.165, 1.54) is 12.8 Å². The number of hydrogen-bond acceptors (Lipinski definition) is 2. The van der Waals surface area contributed by atoms with Crippen LogP contribution in [0.1, 0.15) is 40.0 Å². The van der Waals surface area contributed by atoms with E-state index in [2.05, 4.69) is 28.5 Å². The summed E-state index contributed by atoms with van der Waals surface area (Å²) in [6, 6.07) is 0. The molecule has 1 atom stereocenters. The molecule has 0 N–H and O–H groups in total. The molecule has 0 aliphatic carbocycles. The SMILES string of the molecule is CCCCOC(C)CC.[B]=O. The quantitative estimate of drug-likeness (QED) is 0.451. The zero-order valence-electron chi connectivity index (χ0n) is 7.80. The van der Waals surface area contributed by atoms with E-state index in [-0.39, 0.29) is 0 Å². The van der Waals surface area contributed by atoms with Gasteiger partial charge in [0.15, 0.2) is 0 Å². The summed E-state index contributed by atoms with van der Waals surface area (Å²) in [4.78, 5) is 0. The predicted molar refractivity (Wildman–Crippen MR) is 47.1 cm³/mol. The van der Waals surface area contributed by atoms with Crippen molar-refractivity contribution >= 4 is 7.72 Å². The zero-order valence-corrected chi connectivity index (χ0v) is 7.80. The molecule has 0 saturated heterocycles. The van der Waals surface area contributed by atoms with Crippen molar-refractivity contribution in [2.45, 2.75) is 46.1 Å². The minimum absolute atomic E-state index is 0.455. The Kier molecular flexibility index (Phi) is 15.2. The van der Waals surface area contributed by atoms with Gasteiger partial charge < -0.3 is 4.74 Å². The Labute approximate surface area is 70.7 Å². The first-order chi connectivity index (χ1) is 5.31. The molecule has 0 aliphatic heterocycles. The van der Waals surface area contributed by atoms with Crippen molar-refractivity contribution in [3.05, 3.63) is 0 Å². The average Bonchev–Trinajstić information content (AvgIpc) is 2.08. The van der Waals surface area contributed by atoms with Gasteiger partial charge >= 0.3 is 12.4 Å². The number of hydrogen-bond donors (Lipinski definition) is 0. The van der Waals surface area contributed by atoms with Gasteiger partial charge in [0.2, 0.25) is 0 Å². The van der Waals surface area contributed by atoms with Crippen LogP contribution >= 0.6 is 0 Å². The van der Waals surface area contributed by atoms with Crippen molar-refractivity contribution in [1.29, 1.82) is 0 Å². The second-order valence-corrected chi connectivity index (χ2v) is 2.44. The minimum atomic E-state index is 0.455. The van der Waals surface area contributed by atoms with Crippen LogP contribution in [0.15, 0.2) is 0 Å². The van der Waals surface area contributed by atoms with Crippen LogP contribution < -0.4 is 0 Å². The van der Waals surface area contributed by atoms with Crippen molar-refractivity contribution in [3.63, 3.8) is 0 Å². The third-order valence-electron chi connectivity index (χ3n) is 1.48. The van der Waals surface area contributed by atoms with Crippen LogP contribution in [-0.4, -0.2) is 20.4 Å². The van der Waals surface area contributed by atoms with Gasteiger partial charge in [-0.3, -0.25) is 0 Å². The van der Waals surface area contributed by atoms with Gasteiger partial charge in [0.25, 0.3) is 0 Å². The van der Waals surface area contributed by atoms with Gasteiger partial charge in [0, 0.05) is 6.61 Å².